The van der Waals surface area contributed by atoms with Crippen molar-refractivity contribution in [2.45, 2.75) is 71.0 Å². The summed E-state index contributed by atoms with van der Waals surface area (Å²) in [5.74, 6) is -1.71. The monoisotopic (exact) mass is 560 g/mol. The molecule has 2 heterocycles. The third-order valence-electron chi connectivity index (χ3n) is 7.76. The van der Waals surface area contributed by atoms with E-state index < -0.39 is 40.8 Å². The Hall–Kier alpha value is -2.33. The van der Waals surface area contributed by atoms with Gasteiger partial charge in [-0.15, -0.1) is 0 Å². The highest BCUT2D eigenvalue weighted by Gasteiger charge is 2.46. The lowest BCUT2D eigenvalue weighted by Crippen LogP contribution is -2.38. The van der Waals surface area contributed by atoms with E-state index in [9.17, 15) is 27.9 Å². The number of aliphatic carboxylic acids is 1. The number of aromatic nitrogens is 3. The van der Waals surface area contributed by atoms with Crippen molar-refractivity contribution < 1.29 is 27.9 Å². The largest absolute Gasteiger partial charge is 0.481 e. The topological polar surface area (TPSA) is 88.3 Å². The van der Waals surface area contributed by atoms with Gasteiger partial charge < -0.3 is 10.0 Å². The maximum atomic E-state index is 14.3. The van der Waals surface area contributed by atoms with Crippen molar-refractivity contribution in [1.82, 2.24) is 19.7 Å². The predicted octanol–water partition coefficient (Wildman–Crippen LogP) is 6.29. The minimum atomic E-state index is -4.82. The van der Waals surface area contributed by atoms with Crippen LogP contribution in [-0.2, 0) is 17.4 Å². The van der Waals surface area contributed by atoms with E-state index in [0.29, 0.717) is 22.2 Å². The van der Waals surface area contributed by atoms with Crippen molar-refractivity contribution >= 4 is 35.1 Å². The molecule has 0 bridgehead atoms. The van der Waals surface area contributed by atoms with Crippen molar-refractivity contribution in [2.24, 2.45) is 10.8 Å². The Morgan fingerprint density at radius 2 is 1.70 bits per heavy atom. The molecule has 4 rings (SSSR count). The van der Waals surface area contributed by atoms with Crippen LogP contribution in [0.4, 0.5) is 13.2 Å². The second-order valence-corrected chi connectivity index (χ2v) is 11.6. The summed E-state index contributed by atoms with van der Waals surface area (Å²) >= 11 is 12.4. The van der Waals surface area contributed by atoms with Gasteiger partial charge in [0.05, 0.1) is 33.3 Å². The molecule has 1 amide bonds. The Labute approximate surface area is 222 Å². The van der Waals surface area contributed by atoms with Gasteiger partial charge in [0, 0.05) is 25.5 Å². The highest BCUT2D eigenvalue weighted by atomic mass is 35.5. The summed E-state index contributed by atoms with van der Waals surface area (Å²) in [4.78, 5) is 30.5. The molecule has 202 valence electrons. The van der Waals surface area contributed by atoms with Gasteiger partial charge in [-0.3, -0.25) is 19.3 Å². The van der Waals surface area contributed by atoms with E-state index in [1.54, 1.807) is 6.92 Å². The first kappa shape index (κ1) is 27.7. The molecular formula is C25H29Cl2F3N4O3. The predicted molar refractivity (Wildman–Crippen MR) is 132 cm³/mol. The molecule has 0 aromatic carbocycles. The van der Waals surface area contributed by atoms with Crippen molar-refractivity contribution in [3.8, 4) is 0 Å². The van der Waals surface area contributed by atoms with E-state index in [1.807, 2.05) is 6.92 Å². The molecule has 7 nitrogen and oxygen atoms in total. The van der Waals surface area contributed by atoms with Crippen LogP contribution >= 0.6 is 23.2 Å². The van der Waals surface area contributed by atoms with E-state index in [-0.39, 0.29) is 44.1 Å². The zero-order valence-corrected chi connectivity index (χ0v) is 22.1. The van der Waals surface area contributed by atoms with Crippen LogP contribution in [0.1, 0.15) is 80.0 Å². The van der Waals surface area contributed by atoms with Gasteiger partial charge in [-0.05, 0) is 62.8 Å². The zero-order chi connectivity index (χ0) is 27.2. The summed E-state index contributed by atoms with van der Waals surface area (Å²) in [6, 6.07) is -0.644. The number of nitrogens with zero attached hydrogens (tertiary/aromatic N) is 4. The minimum absolute atomic E-state index is 0.126. The molecule has 2 saturated carbocycles. The number of carbonyl (C=O) groups is 2. The van der Waals surface area contributed by atoms with E-state index in [1.165, 1.54) is 17.3 Å². The summed E-state index contributed by atoms with van der Waals surface area (Å²) in [5.41, 5.74) is -2.15. The number of halogens is 5. The van der Waals surface area contributed by atoms with Gasteiger partial charge in [0.1, 0.15) is 0 Å². The van der Waals surface area contributed by atoms with Crippen LogP contribution in [-0.4, -0.2) is 49.7 Å². The van der Waals surface area contributed by atoms with E-state index in [0.717, 1.165) is 23.7 Å². The number of pyridine rings is 1. The molecule has 0 atom stereocenters. The van der Waals surface area contributed by atoms with Crippen molar-refractivity contribution in [3.63, 3.8) is 0 Å². The van der Waals surface area contributed by atoms with Crippen LogP contribution in [0.15, 0.2) is 18.6 Å². The smallest absolute Gasteiger partial charge is 0.433 e. The zero-order valence-electron chi connectivity index (χ0n) is 20.6. The van der Waals surface area contributed by atoms with Crippen LogP contribution in [0.25, 0.3) is 0 Å². The van der Waals surface area contributed by atoms with Gasteiger partial charge in [-0.1, -0.05) is 30.1 Å². The quantitative estimate of drug-likeness (QED) is 0.409. The van der Waals surface area contributed by atoms with Crippen LogP contribution in [0.5, 0.6) is 0 Å². The fraction of sp³-hybridized carbons (Fsp3) is 0.600. The van der Waals surface area contributed by atoms with Gasteiger partial charge in [0.25, 0.3) is 5.91 Å². The second-order valence-electron chi connectivity index (χ2n) is 10.8. The molecule has 2 aliphatic carbocycles. The Bertz CT molecular complexity index is 1170. The van der Waals surface area contributed by atoms with Gasteiger partial charge in [-0.25, -0.2) is 0 Å². The Kier molecular flexibility index (Phi) is 7.56. The third kappa shape index (κ3) is 5.90. The lowest BCUT2D eigenvalue weighted by molar-refractivity contribution is -0.152. The molecule has 0 spiro atoms. The number of hydrogen-bond acceptors (Lipinski definition) is 4. The number of amides is 1. The highest BCUT2D eigenvalue weighted by molar-refractivity contribution is 6.35. The molecular weight excluding hydrogens is 532 g/mol. The Morgan fingerprint density at radius 1 is 1.11 bits per heavy atom. The summed E-state index contributed by atoms with van der Waals surface area (Å²) in [6.45, 7) is 4.02. The van der Waals surface area contributed by atoms with Gasteiger partial charge in [-0.2, -0.15) is 18.3 Å². The minimum Gasteiger partial charge on any atom is -0.481 e. The number of carboxylic acid groups (broad SMARTS) is 1. The molecule has 2 aliphatic rings. The first-order valence-electron chi connectivity index (χ1n) is 12.2. The average Bonchev–Trinajstić information content (AvgIpc) is 3.36. The fourth-order valence-electron chi connectivity index (χ4n) is 4.95. The highest BCUT2D eigenvalue weighted by Crippen LogP contribution is 2.46. The maximum Gasteiger partial charge on any atom is 0.433 e. The third-order valence-corrected chi connectivity index (χ3v) is 8.41. The van der Waals surface area contributed by atoms with Gasteiger partial charge in [0.15, 0.2) is 5.69 Å². The molecule has 2 aromatic heterocycles. The molecule has 0 radical (unpaired) electrons. The van der Waals surface area contributed by atoms with Crippen LogP contribution in [0.3, 0.4) is 0 Å². The average molecular weight is 561 g/mol. The number of rotatable bonds is 8. The molecule has 37 heavy (non-hydrogen) atoms. The molecule has 12 heteroatoms. The van der Waals surface area contributed by atoms with Crippen LogP contribution < -0.4 is 0 Å². The van der Waals surface area contributed by atoms with Gasteiger partial charge in [0.2, 0.25) is 0 Å². The lowest BCUT2D eigenvalue weighted by atomic mass is 9.74. The molecule has 2 aromatic rings. The van der Waals surface area contributed by atoms with Crippen LogP contribution in [0, 0.1) is 10.8 Å². The first-order valence-corrected chi connectivity index (χ1v) is 12.9. The summed E-state index contributed by atoms with van der Waals surface area (Å²) in [6.07, 6.45) is 1.96. The van der Waals surface area contributed by atoms with E-state index in [2.05, 4.69) is 10.1 Å². The van der Waals surface area contributed by atoms with E-state index in [4.69, 9.17) is 23.2 Å². The van der Waals surface area contributed by atoms with E-state index >= 15 is 0 Å². The van der Waals surface area contributed by atoms with Crippen molar-refractivity contribution in [3.05, 3.63) is 45.5 Å². The summed E-state index contributed by atoms with van der Waals surface area (Å²) in [5, 5.41) is 14.1. The standard InChI is InChI=1S/C25H29Cl2F3N4O3/c1-23(8-9-23)14-33(10-5-16-18(26)12-31-13-19(16)27)21(35)17-11-32-34(20(17)25(28,29)30)15-3-6-24(2,7-4-15)22(36)37/h11-13,15H,3-10,14H2,1-2H3,(H,36,37). The SMILES string of the molecule is CC1(CN(CCc2c(Cl)cncc2Cl)C(=O)c2cnn(C3CCC(C)(C(=O)O)CC3)c2C(F)(F)F)CC1. The number of hydrogen-bond donors (Lipinski definition) is 1. The van der Waals surface area contributed by atoms with Crippen molar-refractivity contribution in [2.75, 3.05) is 13.1 Å². The van der Waals surface area contributed by atoms with Crippen molar-refractivity contribution in [1.29, 1.82) is 0 Å². The molecule has 1 N–H and O–H groups in total. The molecule has 0 saturated heterocycles. The van der Waals surface area contributed by atoms with Gasteiger partial charge >= 0.3 is 12.1 Å². The normalized spacial score (nSPS) is 23.1. The molecule has 2 fully saturated rings. The number of alkyl halides is 3. The Balaban J connectivity index is 1.62. The second kappa shape index (κ2) is 10.1. The fourth-order valence-corrected chi connectivity index (χ4v) is 5.51. The molecule has 0 unspecified atom stereocenters. The number of carboxylic acids is 1. The maximum absolute atomic E-state index is 14.3. The summed E-state index contributed by atoms with van der Waals surface area (Å²) < 4.78 is 43.9. The first-order chi connectivity index (χ1) is 17.2. The molecule has 0 aliphatic heterocycles. The Morgan fingerprint density at radius 3 is 2.22 bits per heavy atom. The number of carbonyl (C=O) groups excluding carboxylic acids is 1. The van der Waals surface area contributed by atoms with Crippen LogP contribution in [0.2, 0.25) is 10.0 Å². The summed E-state index contributed by atoms with van der Waals surface area (Å²) in [7, 11) is 0. The lowest BCUT2D eigenvalue weighted by Gasteiger charge is -2.34.